The Bertz CT molecular complexity index is 645. The normalized spacial score (nSPS) is 14.9. The third-order valence-corrected chi connectivity index (χ3v) is 3.32. The first kappa shape index (κ1) is 11.8. The third kappa shape index (κ3) is 2.19. The molecular formula is C14H15N3O2. The predicted molar refractivity (Wildman–Crippen MR) is 72.2 cm³/mol. The van der Waals surface area contributed by atoms with Crippen LogP contribution in [0.3, 0.4) is 0 Å². The molecule has 0 bridgehead atoms. The third-order valence-electron chi connectivity index (χ3n) is 3.32. The van der Waals surface area contributed by atoms with Gasteiger partial charge in [0.05, 0.1) is 11.7 Å². The highest BCUT2D eigenvalue weighted by Gasteiger charge is 2.18. The summed E-state index contributed by atoms with van der Waals surface area (Å²) in [7, 11) is 0. The van der Waals surface area contributed by atoms with Crippen LogP contribution in [-0.2, 0) is 0 Å². The van der Waals surface area contributed by atoms with Crippen LogP contribution < -0.4 is 4.74 Å². The van der Waals surface area contributed by atoms with Gasteiger partial charge in [-0.1, -0.05) is 12.2 Å². The molecule has 5 nitrogen and oxygen atoms in total. The van der Waals surface area contributed by atoms with Crippen LogP contribution >= 0.6 is 0 Å². The summed E-state index contributed by atoms with van der Waals surface area (Å²) < 4.78 is 5.39. The Hall–Kier alpha value is -2.30. The summed E-state index contributed by atoms with van der Waals surface area (Å²) in [6.07, 6.45) is 8.11. The van der Waals surface area contributed by atoms with Gasteiger partial charge in [0.25, 0.3) is 0 Å². The highest BCUT2D eigenvalue weighted by atomic mass is 16.6. The SMILES string of the molecule is Cc1c(OC(=O)N2CC=CCC2)ncc2[nH]ccc12. The van der Waals surface area contributed by atoms with Crippen LogP contribution in [0.2, 0.25) is 0 Å². The molecule has 1 aliphatic rings. The van der Waals surface area contributed by atoms with Crippen LogP contribution in [0.15, 0.2) is 30.6 Å². The molecule has 0 atom stereocenters. The number of ether oxygens (including phenoxy) is 1. The Balaban J connectivity index is 1.82. The molecule has 2 aromatic rings. The molecule has 98 valence electrons. The average molecular weight is 257 g/mol. The van der Waals surface area contributed by atoms with Gasteiger partial charge in [0, 0.05) is 30.2 Å². The smallest absolute Gasteiger partial charge is 0.391 e. The molecule has 1 amide bonds. The molecule has 1 N–H and O–H groups in total. The maximum atomic E-state index is 12.0. The van der Waals surface area contributed by atoms with Gasteiger partial charge in [0.1, 0.15) is 0 Å². The number of H-pyrrole nitrogens is 1. The van der Waals surface area contributed by atoms with Crippen LogP contribution in [0.1, 0.15) is 12.0 Å². The number of aromatic nitrogens is 2. The number of hydrogen-bond donors (Lipinski definition) is 1. The predicted octanol–water partition coefficient (Wildman–Crippen LogP) is 2.63. The molecule has 0 spiro atoms. The van der Waals surface area contributed by atoms with Gasteiger partial charge in [-0.3, -0.25) is 0 Å². The van der Waals surface area contributed by atoms with Crippen molar-refractivity contribution in [3.8, 4) is 5.88 Å². The lowest BCUT2D eigenvalue weighted by atomic mass is 10.2. The van der Waals surface area contributed by atoms with E-state index in [0.29, 0.717) is 19.0 Å². The van der Waals surface area contributed by atoms with E-state index in [4.69, 9.17) is 4.74 Å². The highest BCUT2D eigenvalue weighted by Crippen LogP contribution is 2.24. The van der Waals surface area contributed by atoms with E-state index in [2.05, 4.69) is 16.0 Å². The molecule has 0 radical (unpaired) electrons. The summed E-state index contributed by atoms with van der Waals surface area (Å²) in [6.45, 7) is 3.20. The van der Waals surface area contributed by atoms with E-state index in [1.807, 2.05) is 25.3 Å². The molecule has 19 heavy (non-hydrogen) atoms. The Kier molecular flexibility index (Phi) is 2.95. The first-order valence-electron chi connectivity index (χ1n) is 6.30. The summed E-state index contributed by atoms with van der Waals surface area (Å²) >= 11 is 0. The van der Waals surface area contributed by atoms with Gasteiger partial charge in [0.2, 0.25) is 5.88 Å². The lowest BCUT2D eigenvalue weighted by Gasteiger charge is -2.22. The van der Waals surface area contributed by atoms with Gasteiger partial charge in [-0.25, -0.2) is 9.78 Å². The maximum absolute atomic E-state index is 12.0. The number of aryl methyl sites for hydroxylation is 1. The second-order valence-electron chi connectivity index (χ2n) is 4.57. The number of carbonyl (C=O) groups excluding carboxylic acids is 1. The van der Waals surface area contributed by atoms with E-state index in [-0.39, 0.29) is 6.09 Å². The van der Waals surface area contributed by atoms with Crippen molar-refractivity contribution < 1.29 is 9.53 Å². The lowest BCUT2D eigenvalue weighted by Crippen LogP contribution is -2.36. The molecule has 0 saturated heterocycles. The van der Waals surface area contributed by atoms with Crippen molar-refractivity contribution in [2.45, 2.75) is 13.3 Å². The summed E-state index contributed by atoms with van der Waals surface area (Å²) in [6, 6.07) is 1.95. The average Bonchev–Trinajstić information content (AvgIpc) is 2.92. The van der Waals surface area contributed by atoms with E-state index in [0.717, 1.165) is 22.9 Å². The number of nitrogens with one attached hydrogen (secondary N) is 1. The van der Waals surface area contributed by atoms with Crippen LogP contribution in [0, 0.1) is 6.92 Å². The van der Waals surface area contributed by atoms with Crippen molar-refractivity contribution in [3.05, 3.63) is 36.2 Å². The fraction of sp³-hybridized carbons (Fsp3) is 0.286. The topological polar surface area (TPSA) is 58.2 Å². The Morgan fingerprint density at radius 2 is 2.37 bits per heavy atom. The van der Waals surface area contributed by atoms with Gasteiger partial charge >= 0.3 is 6.09 Å². The minimum Gasteiger partial charge on any atom is -0.391 e. The number of rotatable bonds is 1. The quantitative estimate of drug-likeness (QED) is 0.799. The molecule has 0 unspecified atom stereocenters. The maximum Gasteiger partial charge on any atom is 0.416 e. The number of aromatic amines is 1. The van der Waals surface area contributed by atoms with Gasteiger partial charge in [-0.15, -0.1) is 0 Å². The zero-order valence-corrected chi connectivity index (χ0v) is 10.7. The van der Waals surface area contributed by atoms with E-state index in [1.54, 1.807) is 11.1 Å². The molecule has 3 rings (SSSR count). The Labute approximate surface area is 110 Å². The second-order valence-corrected chi connectivity index (χ2v) is 4.57. The molecule has 0 aliphatic carbocycles. The number of pyridine rings is 1. The van der Waals surface area contributed by atoms with Crippen molar-refractivity contribution in [2.24, 2.45) is 0 Å². The number of fused-ring (bicyclic) bond motifs is 1. The van der Waals surface area contributed by atoms with E-state index >= 15 is 0 Å². The number of amides is 1. The molecule has 1 aliphatic heterocycles. The molecule has 0 aromatic carbocycles. The Morgan fingerprint density at radius 1 is 1.47 bits per heavy atom. The van der Waals surface area contributed by atoms with E-state index < -0.39 is 0 Å². The first-order valence-corrected chi connectivity index (χ1v) is 6.30. The summed E-state index contributed by atoms with van der Waals surface area (Å²) in [5.74, 6) is 0.381. The van der Waals surface area contributed by atoms with Gasteiger partial charge < -0.3 is 14.6 Å². The summed E-state index contributed by atoms with van der Waals surface area (Å²) in [5, 5.41) is 1.02. The number of nitrogens with zero attached hydrogens (tertiary/aromatic N) is 2. The summed E-state index contributed by atoms with van der Waals surface area (Å²) in [5.41, 5.74) is 1.82. The molecule has 3 heterocycles. The van der Waals surface area contributed by atoms with Crippen molar-refractivity contribution in [3.63, 3.8) is 0 Å². The van der Waals surface area contributed by atoms with Crippen molar-refractivity contribution in [1.29, 1.82) is 0 Å². The molecule has 2 aromatic heterocycles. The largest absolute Gasteiger partial charge is 0.416 e. The highest BCUT2D eigenvalue weighted by molar-refractivity contribution is 5.84. The van der Waals surface area contributed by atoms with Crippen LogP contribution in [0.4, 0.5) is 4.79 Å². The number of hydrogen-bond acceptors (Lipinski definition) is 3. The van der Waals surface area contributed by atoms with Crippen molar-refractivity contribution in [1.82, 2.24) is 14.9 Å². The van der Waals surface area contributed by atoms with Crippen molar-refractivity contribution >= 4 is 17.0 Å². The van der Waals surface area contributed by atoms with Gasteiger partial charge in [-0.05, 0) is 19.4 Å². The lowest BCUT2D eigenvalue weighted by molar-refractivity contribution is 0.154. The van der Waals surface area contributed by atoms with Crippen molar-refractivity contribution in [2.75, 3.05) is 13.1 Å². The first-order chi connectivity index (χ1) is 9.25. The zero-order valence-electron chi connectivity index (χ0n) is 10.7. The monoisotopic (exact) mass is 257 g/mol. The Morgan fingerprint density at radius 3 is 3.16 bits per heavy atom. The van der Waals surface area contributed by atoms with E-state index in [1.165, 1.54) is 0 Å². The molecule has 0 saturated carbocycles. The molecular weight excluding hydrogens is 242 g/mol. The molecule has 0 fully saturated rings. The second kappa shape index (κ2) is 4.76. The molecule has 5 heteroatoms. The standard InChI is InChI=1S/C14H15N3O2/c1-10-11-5-6-15-12(11)9-16-13(10)19-14(18)17-7-3-2-4-8-17/h2-3,5-6,9,15H,4,7-8H2,1H3. The minimum absolute atomic E-state index is 0.338. The zero-order chi connectivity index (χ0) is 13.2. The van der Waals surface area contributed by atoms with Crippen LogP contribution in [0.25, 0.3) is 10.9 Å². The summed E-state index contributed by atoms with van der Waals surface area (Å²) in [4.78, 5) is 21.0. The van der Waals surface area contributed by atoms with E-state index in [9.17, 15) is 4.79 Å². The van der Waals surface area contributed by atoms with Crippen LogP contribution in [0.5, 0.6) is 5.88 Å². The van der Waals surface area contributed by atoms with Gasteiger partial charge in [-0.2, -0.15) is 0 Å². The fourth-order valence-electron chi connectivity index (χ4n) is 2.21. The minimum atomic E-state index is -0.338. The van der Waals surface area contributed by atoms with Gasteiger partial charge in [0.15, 0.2) is 0 Å². The van der Waals surface area contributed by atoms with Crippen LogP contribution in [-0.4, -0.2) is 34.1 Å². The number of carbonyl (C=O) groups is 1. The fourth-order valence-corrected chi connectivity index (χ4v) is 2.21.